The second kappa shape index (κ2) is 6.86. The third-order valence-corrected chi connectivity index (χ3v) is 4.87. The average molecular weight is 330 g/mol. The Labute approximate surface area is 140 Å². The van der Waals surface area contributed by atoms with Gasteiger partial charge in [-0.25, -0.2) is 4.63 Å². The van der Waals surface area contributed by atoms with E-state index in [4.69, 9.17) is 9.37 Å². The summed E-state index contributed by atoms with van der Waals surface area (Å²) in [6, 6.07) is 5.94. The summed E-state index contributed by atoms with van der Waals surface area (Å²) >= 11 is 0. The maximum atomic E-state index is 12.5. The molecule has 2 aliphatic rings. The minimum atomic E-state index is -0.216. The first-order valence-electron chi connectivity index (χ1n) is 8.64. The fourth-order valence-electron chi connectivity index (χ4n) is 3.56. The number of rotatable bonds is 3. The minimum Gasteiger partial charge on any atom is -0.368 e. The zero-order valence-corrected chi connectivity index (χ0v) is 13.7. The van der Waals surface area contributed by atoms with E-state index >= 15 is 0 Å². The largest absolute Gasteiger partial charge is 0.368 e. The molecule has 1 amide bonds. The first-order valence-corrected chi connectivity index (χ1v) is 8.64. The van der Waals surface area contributed by atoms with Crippen molar-refractivity contribution in [1.29, 1.82) is 0 Å². The molecular weight excluding hydrogens is 308 g/mol. The first kappa shape index (κ1) is 15.5. The number of hydrogen-bond acceptors (Lipinski definition) is 6. The molecule has 7 nitrogen and oxygen atoms in total. The summed E-state index contributed by atoms with van der Waals surface area (Å²) in [5.41, 5.74) is 2.74. The van der Waals surface area contributed by atoms with Crippen LogP contribution in [0, 0.1) is 0 Å². The number of ether oxygens (including phenoxy) is 1. The molecular formula is C17H22N4O3. The van der Waals surface area contributed by atoms with E-state index < -0.39 is 0 Å². The van der Waals surface area contributed by atoms with Crippen LogP contribution < -0.4 is 0 Å². The number of aromatic nitrogens is 2. The Balaban J connectivity index is 1.39. The van der Waals surface area contributed by atoms with Gasteiger partial charge < -0.3 is 9.64 Å². The van der Waals surface area contributed by atoms with Crippen molar-refractivity contribution in [2.24, 2.45) is 0 Å². The Bertz CT molecular complexity index is 711. The van der Waals surface area contributed by atoms with E-state index in [2.05, 4.69) is 21.3 Å². The van der Waals surface area contributed by atoms with Crippen LogP contribution in [-0.2, 0) is 16.1 Å². The summed E-state index contributed by atoms with van der Waals surface area (Å²) in [4.78, 5) is 16.8. The van der Waals surface area contributed by atoms with E-state index in [1.54, 1.807) is 0 Å². The molecule has 0 aliphatic carbocycles. The predicted octanol–water partition coefficient (Wildman–Crippen LogP) is 1.44. The van der Waals surface area contributed by atoms with Crippen molar-refractivity contribution in [3.63, 3.8) is 0 Å². The molecule has 2 aliphatic heterocycles. The fraction of sp³-hybridized carbons (Fsp3) is 0.588. The van der Waals surface area contributed by atoms with E-state index in [9.17, 15) is 4.79 Å². The molecule has 2 saturated heterocycles. The number of hydrogen-bond donors (Lipinski definition) is 0. The van der Waals surface area contributed by atoms with E-state index in [1.807, 2.05) is 17.0 Å². The van der Waals surface area contributed by atoms with Gasteiger partial charge in [0.1, 0.15) is 17.1 Å². The topological polar surface area (TPSA) is 71.7 Å². The van der Waals surface area contributed by atoms with Gasteiger partial charge in [0, 0.05) is 39.3 Å². The smallest absolute Gasteiger partial charge is 0.251 e. The molecule has 0 spiro atoms. The summed E-state index contributed by atoms with van der Waals surface area (Å²) in [6.45, 7) is 4.91. The lowest BCUT2D eigenvalue weighted by atomic mass is 10.1. The highest BCUT2D eigenvalue weighted by Crippen LogP contribution is 2.19. The Morgan fingerprint density at radius 2 is 2.12 bits per heavy atom. The second-order valence-corrected chi connectivity index (χ2v) is 6.51. The molecule has 128 valence electrons. The molecule has 0 saturated carbocycles. The third-order valence-electron chi connectivity index (χ3n) is 4.87. The van der Waals surface area contributed by atoms with Gasteiger partial charge in [-0.2, -0.15) is 0 Å². The highest BCUT2D eigenvalue weighted by Gasteiger charge is 2.29. The van der Waals surface area contributed by atoms with Crippen molar-refractivity contribution in [2.75, 3.05) is 32.8 Å². The molecule has 0 bridgehead atoms. The molecule has 1 aromatic heterocycles. The zero-order chi connectivity index (χ0) is 16.4. The van der Waals surface area contributed by atoms with Crippen LogP contribution in [0.15, 0.2) is 22.8 Å². The number of fused-ring (bicyclic) bond motifs is 1. The van der Waals surface area contributed by atoms with Crippen molar-refractivity contribution in [2.45, 2.75) is 31.9 Å². The van der Waals surface area contributed by atoms with Crippen LogP contribution in [0.3, 0.4) is 0 Å². The third kappa shape index (κ3) is 3.14. The maximum Gasteiger partial charge on any atom is 0.251 e. The molecule has 0 radical (unpaired) electrons. The highest BCUT2D eigenvalue weighted by atomic mass is 16.6. The second-order valence-electron chi connectivity index (χ2n) is 6.51. The van der Waals surface area contributed by atoms with Gasteiger partial charge in [-0.3, -0.25) is 9.69 Å². The lowest BCUT2D eigenvalue weighted by Gasteiger charge is -2.24. The van der Waals surface area contributed by atoms with Crippen molar-refractivity contribution in [3.8, 4) is 0 Å². The number of amides is 1. The molecule has 0 N–H and O–H groups in total. The summed E-state index contributed by atoms with van der Waals surface area (Å²) < 4.78 is 10.4. The summed E-state index contributed by atoms with van der Waals surface area (Å²) in [5.74, 6) is 0.164. The van der Waals surface area contributed by atoms with Crippen molar-refractivity contribution < 1.29 is 14.2 Å². The van der Waals surface area contributed by atoms with Crippen LogP contribution in [0.1, 0.15) is 24.8 Å². The lowest BCUT2D eigenvalue weighted by Crippen LogP contribution is -2.41. The van der Waals surface area contributed by atoms with Gasteiger partial charge in [-0.05, 0) is 41.2 Å². The molecule has 2 aromatic rings. The van der Waals surface area contributed by atoms with Crippen LogP contribution in [0.25, 0.3) is 11.0 Å². The van der Waals surface area contributed by atoms with Gasteiger partial charge in [0.15, 0.2) is 0 Å². The molecule has 1 unspecified atom stereocenters. The molecule has 4 rings (SSSR count). The fourth-order valence-corrected chi connectivity index (χ4v) is 3.56. The van der Waals surface area contributed by atoms with Gasteiger partial charge in [-0.1, -0.05) is 12.1 Å². The Morgan fingerprint density at radius 3 is 3.00 bits per heavy atom. The van der Waals surface area contributed by atoms with Crippen molar-refractivity contribution >= 4 is 16.9 Å². The summed E-state index contributed by atoms with van der Waals surface area (Å²) in [5, 5.41) is 7.91. The van der Waals surface area contributed by atoms with Crippen LogP contribution in [0.4, 0.5) is 0 Å². The average Bonchev–Trinajstić information content (AvgIpc) is 3.24. The summed E-state index contributed by atoms with van der Waals surface area (Å²) in [7, 11) is 0. The van der Waals surface area contributed by atoms with Crippen LogP contribution in [0.2, 0.25) is 0 Å². The van der Waals surface area contributed by atoms with Crippen LogP contribution in [-0.4, -0.2) is 64.9 Å². The van der Waals surface area contributed by atoms with Gasteiger partial charge >= 0.3 is 0 Å². The number of carbonyl (C=O) groups excluding carboxylic acids is 1. The molecule has 24 heavy (non-hydrogen) atoms. The summed E-state index contributed by atoms with van der Waals surface area (Å²) in [6.07, 6.45) is 2.61. The van der Waals surface area contributed by atoms with E-state index in [1.165, 1.54) is 0 Å². The number of carbonyl (C=O) groups is 1. The normalized spacial score (nSPS) is 22.8. The van der Waals surface area contributed by atoms with E-state index in [0.717, 1.165) is 68.6 Å². The van der Waals surface area contributed by atoms with Crippen molar-refractivity contribution in [1.82, 2.24) is 20.1 Å². The number of benzene rings is 1. The highest BCUT2D eigenvalue weighted by molar-refractivity contribution is 5.81. The quantitative estimate of drug-likeness (QED) is 0.848. The SMILES string of the molecule is O=C(C1CCCO1)N1CCCN(Cc2cccc3nonc23)CC1. The van der Waals surface area contributed by atoms with Crippen LogP contribution >= 0.6 is 0 Å². The van der Waals surface area contributed by atoms with Crippen molar-refractivity contribution in [3.05, 3.63) is 23.8 Å². The maximum absolute atomic E-state index is 12.5. The monoisotopic (exact) mass is 330 g/mol. The molecule has 1 aromatic carbocycles. The van der Waals surface area contributed by atoms with Gasteiger partial charge in [-0.15, -0.1) is 0 Å². The van der Waals surface area contributed by atoms with Gasteiger partial charge in [0.05, 0.1) is 0 Å². The van der Waals surface area contributed by atoms with Gasteiger partial charge in [0.25, 0.3) is 5.91 Å². The van der Waals surface area contributed by atoms with E-state index in [0.29, 0.717) is 6.61 Å². The molecule has 2 fully saturated rings. The minimum absolute atomic E-state index is 0.164. The van der Waals surface area contributed by atoms with Crippen LogP contribution in [0.5, 0.6) is 0 Å². The first-order chi connectivity index (χ1) is 11.8. The number of nitrogens with zero attached hydrogens (tertiary/aromatic N) is 4. The standard InChI is InChI=1S/C17H22N4O3/c22-17(15-6-2-11-23-15)21-8-3-7-20(9-10-21)12-13-4-1-5-14-16(13)19-24-18-14/h1,4-5,15H,2-3,6-12H2. The van der Waals surface area contributed by atoms with E-state index in [-0.39, 0.29) is 12.0 Å². The molecule has 3 heterocycles. The Hall–Kier alpha value is -1.99. The zero-order valence-electron chi connectivity index (χ0n) is 13.7. The van der Waals surface area contributed by atoms with Gasteiger partial charge in [0.2, 0.25) is 0 Å². The lowest BCUT2D eigenvalue weighted by molar-refractivity contribution is -0.140. The Morgan fingerprint density at radius 1 is 1.17 bits per heavy atom. The molecule has 1 atom stereocenters. The molecule has 7 heteroatoms. The Kier molecular flexibility index (Phi) is 4.44. The predicted molar refractivity (Wildman–Crippen MR) is 87.3 cm³/mol.